The van der Waals surface area contributed by atoms with Crippen LogP contribution in [0.2, 0.25) is 0 Å². The summed E-state index contributed by atoms with van der Waals surface area (Å²) in [5.41, 5.74) is -0.691. The van der Waals surface area contributed by atoms with Gasteiger partial charge in [0.05, 0.1) is 11.3 Å². The number of benzene rings is 1. The first-order valence-electron chi connectivity index (χ1n) is 9.50. The van der Waals surface area contributed by atoms with E-state index in [0.717, 1.165) is 27.5 Å². The molecule has 1 aromatic carbocycles. The molecule has 0 spiro atoms. The Kier molecular flexibility index (Phi) is 4.40. The van der Waals surface area contributed by atoms with Gasteiger partial charge in [-0.2, -0.15) is 13.2 Å². The molecule has 2 aromatic heterocycles. The van der Waals surface area contributed by atoms with Crippen LogP contribution in [-0.2, 0) is 22.6 Å². The van der Waals surface area contributed by atoms with E-state index >= 15 is 0 Å². The van der Waals surface area contributed by atoms with Crippen LogP contribution in [0, 0.1) is 0 Å². The molecule has 176 valence electrons. The van der Waals surface area contributed by atoms with Crippen LogP contribution in [-0.4, -0.2) is 35.0 Å². The van der Waals surface area contributed by atoms with Crippen molar-refractivity contribution in [1.82, 2.24) is 9.38 Å². The number of hydrogen-bond donors (Lipinski definition) is 1. The summed E-state index contributed by atoms with van der Waals surface area (Å²) >= 11 is 0. The average Bonchev–Trinajstić information content (AvgIpc) is 3.34. The second-order valence-corrected chi connectivity index (χ2v) is 9.65. The van der Waals surface area contributed by atoms with Crippen LogP contribution in [0.25, 0.3) is 5.65 Å². The highest BCUT2D eigenvalue weighted by Gasteiger charge is 2.46. The fourth-order valence-corrected chi connectivity index (χ4v) is 5.01. The lowest BCUT2D eigenvalue weighted by Gasteiger charge is -2.21. The molecule has 0 aliphatic carbocycles. The summed E-state index contributed by atoms with van der Waals surface area (Å²) in [6, 6.07) is 4.15. The van der Waals surface area contributed by atoms with Crippen LogP contribution >= 0.6 is 0 Å². The van der Waals surface area contributed by atoms with Gasteiger partial charge in [0.15, 0.2) is 38.4 Å². The maximum atomic E-state index is 13.3. The second kappa shape index (κ2) is 6.70. The standard InChI is InChI=1S/C19H14F5N3O5S/c1-2-33(29,30)17-15(25-14-4-3-10(8-26(14)17)18(20,21)22)27-7-9-5-12-13(6-11(9)16(27)28)32-19(23,24)31-12/h3-6,8,16,28H,2,7H2,1H3. The van der Waals surface area contributed by atoms with Crippen molar-refractivity contribution in [2.75, 3.05) is 10.7 Å². The first kappa shape index (κ1) is 21.7. The van der Waals surface area contributed by atoms with Gasteiger partial charge in [-0.15, -0.1) is 8.78 Å². The molecule has 14 heteroatoms. The third-order valence-electron chi connectivity index (χ3n) is 5.41. The van der Waals surface area contributed by atoms with E-state index in [0.29, 0.717) is 11.8 Å². The molecule has 33 heavy (non-hydrogen) atoms. The van der Waals surface area contributed by atoms with Crippen molar-refractivity contribution < 1.29 is 45.0 Å². The zero-order chi connectivity index (χ0) is 23.9. The minimum absolute atomic E-state index is 0.0815. The number of nitrogens with zero attached hydrogens (tertiary/aromatic N) is 3. The van der Waals surface area contributed by atoms with Gasteiger partial charge >= 0.3 is 12.5 Å². The Bertz CT molecular complexity index is 1400. The molecular formula is C19H14F5N3O5S. The third kappa shape index (κ3) is 3.35. The van der Waals surface area contributed by atoms with E-state index in [4.69, 9.17) is 0 Å². The largest absolute Gasteiger partial charge is 0.586 e. The van der Waals surface area contributed by atoms with Crippen LogP contribution in [0.15, 0.2) is 35.5 Å². The van der Waals surface area contributed by atoms with E-state index in [-0.39, 0.29) is 35.1 Å². The van der Waals surface area contributed by atoms with Gasteiger partial charge in [-0.25, -0.2) is 13.4 Å². The number of aliphatic hydroxyl groups is 1. The molecule has 0 bridgehead atoms. The SMILES string of the molecule is CCS(=O)(=O)c1c(N2Cc3cc4c(cc3C2O)OC(F)(F)O4)nc2ccc(C(F)(F)F)cn12. The Morgan fingerprint density at radius 2 is 1.88 bits per heavy atom. The summed E-state index contributed by atoms with van der Waals surface area (Å²) in [4.78, 5) is 5.32. The highest BCUT2D eigenvalue weighted by molar-refractivity contribution is 7.91. The number of aromatic nitrogens is 2. The van der Waals surface area contributed by atoms with Gasteiger partial charge in [-0.3, -0.25) is 4.40 Å². The van der Waals surface area contributed by atoms with Gasteiger partial charge in [0.1, 0.15) is 5.65 Å². The molecule has 1 unspecified atom stereocenters. The zero-order valence-corrected chi connectivity index (χ0v) is 17.4. The van der Waals surface area contributed by atoms with Gasteiger partial charge in [0.2, 0.25) is 0 Å². The lowest BCUT2D eigenvalue weighted by Crippen LogP contribution is -2.26. The monoisotopic (exact) mass is 491 g/mol. The predicted octanol–water partition coefficient (Wildman–Crippen LogP) is 3.48. The van der Waals surface area contributed by atoms with E-state index < -0.39 is 44.9 Å². The fourth-order valence-electron chi connectivity index (χ4n) is 3.85. The molecule has 0 saturated heterocycles. The van der Waals surface area contributed by atoms with Crippen molar-refractivity contribution in [3.8, 4) is 11.5 Å². The number of ether oxygens (including phenoxy) is 2. The van der Waals surface area contributed by atoms with Crippen LogP contribution in [0.3, 0.4) is 0 Å². The second-order valence-electron chi connectivity index (χ2n) is 7.45. The molecule has 3 aromatic rings. The Morgan fingerprint density at radius 3 is 2.52 bits per heavy atom. The molecule has 0 saturated carbocycles. The lowest BCUT2D eigenvalue weighted by atomic mass is 10.1. The Labute approximate surface area is 182 Å². The van der Waals surface area contributed by atoms with Gasteiger partial charge < -0.3 is 19.5 Å². The van der Waals surface area contributed by atoms with E-state index in [1.807, 2.05) is 0 Å². The summed E-state index contributed by atoms with van der Waals surface area (Å²) in [5, 5.41) is 10.3. The van der Waals surface area contributed by atoms with E-state index in [9.17, 15) is 35.5 Å². The smallest absolute Gasteiger partial charge is 0.395 e. The molecule has 0 amide bonds. The van der Waals surface area contributed by atoms with Gasteiger partial charge in [-0.05, 0) is 29.8 Å². The molecule has 1 atom stereocenters. The minimum Gasteiger partial charge on any atom is -0.395 e. The van der Waals surface area contributed by atoms with Crippen molar-refractivity contribution >= 4 is 21.3 Å². The van der Waals surface area contributed by atoms with Crippen molar-refractivity contribution in [2.45, 2.75) is 37.2 Å². The molecule has 0 radical (unpaired) electrons. The quantitative estimate of drug-likeness (QED) is 0.561. The van der Waals surface area contributed by atoms with Crippen molar-refractivity contribution in [1.29, 1.82) is 0 Å². The number of fused-ring (bicyclic) bond motifs is 3. The summed E-state index contributed by atoms with van der Waals surface area (Å²) in [5.74, 6) is -1.29. The highest BCUT2D eigenvalue weighted by atomic mass is 32.2. The van der Waals surface area contributed by atoms with Crippen molar-refractivity contribution in [3.63, 3.8) is 0 Å². The molecule has 8 nitrogen and oxygen atoms in total. The average molecular weight is 491 g/mol. The minimum atomic E-state index is -4.72. The number of halogens is 5. The van der Waals surface area contributed by atoms with Gasteiger partial charge in [0.25, 0.3) is 0 Å². The maximum Gasteiger partial charge on any atom is 0.586 e. The van der Waals surface area contributed by atoms with E-state index in [1.54, 1.807) is 0 Å². The van der Waals surface area contributed by atoms with Gasteiger partial charge in [-0.1, -0.05) is 6.92 Å². The summed E-state index contributed by atoms with van der Waals surface area (Å²) in [6.45, 7) is 1.15. The Hall–Kier alpha value is -3.13. The lowest BCUT2D eigenvalue weighted by molar-refractivity contribution is -0.286. The number of hydrogen-bond acceptors (Lipinski definition) is 7. The maximum absolute atomic E-state index is 13.3. The first-order chi connectivity index (χ1) is 15.3. The summed E-state index contributed by atoms with van der Waals surface area (Å²) in [7, 11) is -4.12. The number of aliphatic hydroxyl groups excluding tert-OH is 1. The summed E-state index contributed by atoms with van der Waals surface area (Å²) in [6.07, 6.45) is -9.48. The number of rotatable bonds is 3. The molecule has 1 N–H and O–H groups in total. The number of anilines is 1. The number of alkyl halides is 5. The van der Waals surface area contributed by atoms with Crippen LogP contribution in [0.4, 0.5) is 27.8 Å². The van der Waals surface area contributed by atoms with Gasteiger partial charge in [0, 0.05) is 18.3 Å². The van der Waals surface area contributed by atoms with Crippen molar-refractivity contribution in [2.24, 2.45) is 0 Å². The molecule has 2 aliphatic rings. The fraction of sp³-hybridized carbons (Fsp3) is 0.316. The van der Waals surface area contributed by atoms with E-state index in [1.165, 1.54) is 13.0 Å². The van der Waals surface area contributed by atoms with Crippen molar-refractivity contribution in [3.05, 3.63) is 47.2 Å². The zero-order valence-electron chi connectivity index (χ0n) is 16.6. The van der Waals surface area contributed by atoms with Crippen LogP contribution < -0.4 is 14.4 Å². The molecule has 5 rings (SSSR count). The number of pyridine rings is 1. The van der Waals surface area contributed by atoms with Crippen LogP contribution in [0.1, 0.15) is 29.8 Å². The number of sulfone groups is 1. The Balaban J connectivity index is 1.65. The Morgan fingerprint density at radius 1 is 1.21 bits per heavy atom. The molecule has 2 aliphatic heterocycles. The third-order valence-corrected chi connectivity index (χ3v) is 7.14. The number of imidazole rings is 1. The normalized spacial score (nSPS) is 19.4. The highest BCUT2D eigenvalue weighted by Crippen LogP contribution is 2.47. The topological polar surface area (TPSA) is 93.4 Å². The van der Waals surface area contributed by atoms with Crippen LogP contribution in [0.5, 0.6) is 11.5 Å². The molecule has 0 fully saturated rings. The summed E-state index contributed by atoms with van der Waals surface area (Å²) < 4.78 is 102. The molecule has 4 heterocycles. The van der Waals surface area contributed by atoms with E-state index in [2.05, 4.69) is 14.5 Å². The first-order valence-corrected chi connectivity index (χ1v) is 11.2. The molecular weight excluding hydrogens is 477 g/mol. The predicted molar refractivity (Wildman–Crippen MR) is 102 cm³/mol.